The Balaban J connectivity index is 2.05. The molecule has 20 heavy (non-hydrogen) atoms. The van der Waals surface area contributed by atoms with E-state index in [-0.39, 0.29) is 5.91 Å². The molecule has 0 saturated heterocycles. The summed E-state index contributed by atoms with van der Waals surface area (Å²) >= 11 is 5.99. The molecule has 0 spiro atoms. The lowest BCUT2D eigenvalue weighted by Crippen LogP contribution is -2.29. The molecule has 1 aromatic carbocycles. The summed E-state index contributed by atoms with van der Waals surface area (Å²) in [6.07, 6.45) is 3.73. The minimum absolute atomic E-state index is 0.0308. The lowest BCUT2D eigenvalue weighted by molar-refractivity contribution is -0.131. The highest BCUT2D eigenvalue weighted by Crippen LogP contribution is 2.23. The number of methoxy groups -OCH3 is 1. The first-order chi connectivity index (χ1) is 9.60. The van der Waals surface area contributed by atoms with Crippen molar-refractivity contribution in [3.05, 3.63) is 53.3 Å². The maximum Gasteiger partial charge on any atom is 0.242 e. The Morgan fingerprint density at radius 3 is 2.70 bits per heavy atom. The Hall–Kier alpha value is -1.94. The van der Waals surface area contributed by atoms with Crippen molar-refractivity contribution in [2.24, 2.45) is 0 Å². The molecule has 0 aliphatic carbocycles. The first-order valence-electron chi connectivity index (χ1n) is 6.27. The minimum Gasteiger partial charge on any atom is -0.496 e. The zero-order chi connectivity index (χ0) is 14.5. The number of hydrogen-bond acceptors (Lipinski definition) is 2. The SMILES string of the molecule is COc1ccc(Cl)cc1CN(C)C(=O)Cn1cccc1. The third-order valence-electron chi connectivity index (χ3n) is 3.06. The predicted octanol–water partition coefficient (Wildman–Crippen LogP) is 2.81. The third kappa shape index (κ3) is 3.54. The van der Waals surface area contributed by atoms with Crippen LogP contribution in [0.3, 0.4) is 0 Å². The molecule has 0 N–H and O–H groups in total. The molecule has 0 fully saturated rings. The van der Waals surface area contributed by atoms with E-state index in [4.69, 9.17) is 16.3 Å². The number of carbonyl (C=O) groups is 1. The number of carbonyl (C=O) groups excluding carboxylic acids is 1. The monoisotopic (exact) mass is 292 g/mol. The second kappa shape index (κ2) is 6.48. The highest BCUT2D eigenvalue weighted by atomic mass is 35.5. The zero-order valence-electron chi connectivity index (χ0n) is 11.5. The second-order valence-corrected chi connectivity index (χ2v) is 5.00. The van der Waals surface area contributed by atoms with Gasteiger partial charge in [0.2, 0.25) is 5.91 Å². The van der Waals surface area contributed by atoms with Gasteiger partial charge in [-0.3, -0.25) is 4.79 Å². The number of rotatable bonds is 5. The van der Waals surface area contributed by atoms with Gasteiger partial charge in [0.05, 0.1) is 7.11 Å². The average molecular weight is 293 g/mol. The van der Waals surface area contributed by atoms with Gasteiger partial charge in [-0.15, -0.1) is 0 Å². The van der Waals surface area contributed by atoms with Crippen molar-refractivity contribution in [3.63, 3.8) is 0 Å². The van der Waals surface area contributed by atoms with Crippen molar-refractivity contribution < 1.29 is 9.53 Å². The van der Waals surface area contributed by atoms with Crippen LogP contribution in [0.15, 0.2) is 42.7 Å². The summed E-state index contributed by atoms with van der Waals surface area (Å²) in [6.45, 7) is 0.788. The van der Waals surface area contributed by atoms with Crippen LogP contribution in [0, 0.1) is 0 Å². The first kappa shape index (κ1) is 14.5. The molecular formula is C15H17ClN2O2. The van der Waals surface area contributed by atoms with Crippen LogP contribution in [0.1, 0.15) is 5.56 Å². The summed E-state index contributed by atoms with van der Waals surface area (Å²) in [7, 11) is 3.38. The summed E-state index contributed by atoms with van der Waals surface area (Å²) in [5, 5.41) is 0.632. The normalized spacial score (nSPS) is 10.3. The van der Waals surface area contributed by atoms with Crippen molar-refractivity contribution in [1.82, 2.24) is 9.47 Å². The smallest absolute Gasteiger partial charge is 0.242 e. The van der Waals surface area contributed by atoms with Crippen LogP contribution in [0.2, 0.25) is 5.02 Å². The molecule has 5 heteroatoms. The van der Waals surface area contributed by atoms with Gasteiger partial charge in [0.25, 0.3) is 0 Å². The van der Waals surface area contributed by atoms with Gasteiger partial charge in [0.15, 0.2) is 0 Å². The molecule has 1 amide bonds. The Morgan fingerprint density at radius 1 is 1.35 bits per heavy atom. The average Bonchev–Trinajstić information content (AvgIpc) is 2.91. The number of hydrogen-bond donors (Lipinski definition) is 0. The van der Waals surface area contributed by atoms with Crippen LogP contribution in [0.4, 0.5) is 0 Å². The fourth-order valence-corrected chi connectivity index (χ4v) is 2.16. The van der Waals surface area contributed by atoms with Gasteiger partial charge >= 0.3 is 0 Å². The van der Waals surface area contributed by atoms with Gasteiger partial charge in [-0.25, -0.2) is 0 Å². The topological polar surface area (TPSA) is 34.5 Å². The second-order valence-electron chi connectivity index (χ2n) is 4.56. The van der Waals surface area contributed by atoms with E-state index in [1.165, 1.54) is 0 Å². The fourth-order valence-electron chi connectivity index (χ4n) is 1.97. The van der Waals surface area contributed by atoms with Gasteiger partial charge in [-0.05, 0) is 30.3 Å². The molecular weight excluding hydrogens is 276 g/mol. The quantitative estimate of drug-likeness (QED) is 0.849. The van der Waals surface area contributed by atoms with Crippen molar-refractivity contribution in [3.8, 4) is 5.75 Å². The molecule has 1 aromatic heterocycles. The zero-order valence-corrected chi connectivity index (χ0v) is 12.3. The van der Waals surface area contributed by atoms with E-state index >= 15 is 0 Å². The lowest BCUT2D eigenvalue weighted by Gasteiger charge is -2.19. The minimum atomic E-state index is 0.0308. The van der Waals surface area contributed by atoms with Crippen molar-refractivity contribution >= 4 is 17.5 Å². The van der Waals surface area contributed by atoms with E-state index in [1.54, 1.807) is 25.1 Å². The number of halogens is 1. The largest absolute Gasteiger partial charge is 0.496 e. The lowest BCUT2D eigenvalue weighted by atomic mass is 10.2. The molecule has 4 nitrogen and oxygen atoms in total. The summed E-state index contributed by atoms with van der Waals surface area (Å²) in [5.74, 6) is 0.762. The van der Waals surface area contributed by atoms with Gasteiger partial charge in [-0.1, -0.05) is 11.6 Å². The number of likely N-dealkylation sites (N-methyl/N-ethyl adjacent to an activating group) is 1. The Morgan fingerprint density at radius 2 is 2.05 bits per heavy atom. The van der Waals surface area contributed by atoms with Gasteiger partial charge < -0.3 is 14.2 Å². The van der Waals surface area contributed by atoms with E-state index in [1.807, 2.05) is 41.2 Å². The Labute approximate surface area is 123 Å². The summed E-state index contributed by atoms with van der Waals surface area (Å²) in [4.78, 5) is 13.8. The molecule has 1 heterocycles. The fraction of sp³-hybridized carbons (Fsp3) is 0.267. The Kier molecular flexibility index (Phi) is 4.69. The van der Waals surface area contributed by atoms with Crippen molar-refractivity contribution in [1.29, 1.82) is 0 Å². The molecule has 0 radical (unpaired) electrons. The van der Waals surface area contributed by atoms with Crippen LogP contribution in [0.25, 0.3) is 0 Å². The standard InChI is InChI=1S/C15H17ClN2O2/c1-17(15(19)11-18-7-3-4-8-18)10-12-9-13(16)5-6-14(12)20-2/h3-9H,10-11H2,1-2H3. The van der Waals surface area contributed by atoms with Gasteiger partial charge in [0.1, 0.15) is 12.3 Å². The van der Waals surface area contributed by atoms with Gasteiger partial charge in [0, 0.05) is 36.6 Å². The van der Waals surface area contributed by atoms with Crippen LogP contribution < -0.4 is 4.74 Å². The summed E-state index contributed by atoms with van der Waals surface area (Å²) < 4.78 is 7.13. The molecule has 2 rings (SSSR count). The first-order valence-corrected chi connectivity index (χ1v) is 6.65. The summed E-state index contributed by atoms with van der Waals surface area (Å²) in [5.41, 5.74) is 0.892. The van der Waals surface area contributed by atoms with E-state index in [0.717, 1.165) is 11.3 Å². The molecule has 0 aliphatic heterocycles. The van der Waals surface area contributed by atoms with Crippen LogP contribution in [-0.4, -0.2) is 29.5 Å². The molecule has 0 atom stereocenters. The van der Waals surface area contributed by atoms with E-state index in [2.05, 4.69) is 0 Å². The maximum absolute atomic E-state index is 12.1. The number of nitrogens with zero attached hydrogens (tertiary/aromatic N) is 2. The molecule has 0 aliphatic rings. The van der Waals surface area contributed by atoms with Crippen molar-refractivity contribution in [2.45, 2.75) is 13.1 Å². The highest BCUT2D eigenvalue weighted by Gasteiger charge is 2.12. The molecule has 0 saturated carbocycles. The Bertz CT molecular complexity index is 582. The molecule has 0 unspecified atom stereocenters. The molecule has 0 bridgehead atoms. The molecule has 106 valence electrons. The van der Waals surface area contributed by atoms with E-state index in [0.29, 0.717) is 18.1 Å². The van der Waals surface area contributed by atoms with E-state index < -0.39 is 0 Å². The van der Waals surface area contributed by atoms with Crippen LogP contribution >= 0.6 is 11.6 Å². The predicted molar refractivity (Wildman–Crippen MR) is 78.9 cm³/mol. The number of amides is 1. The van der Waals surface area contributed by atoms with E-state index in [9.17, 15) is 4.79 Å². The number of aromatic nitrogens is 1. The number of ether oxygens (including phenoxy) is 1. The van der Waals surface area contributed by atoms with Crippen LogP contribution in [-0.2, 0) is 17.9 Å². The maximum atomic E-state index is 12.1. The summed E-state index contributed by atoms with van der Waals surface area (Å²) in [6, 6.07) is 9.19. The van der Waals surface area contributed by atoms with Gasteiger partial charge in [-0.2, -0.15) is 0 Å². The number of benzene rings is 1. The van der Waals surface area contributed by atoms with Crippen molar-refractivity contribution in [2.75, 3.05) is 14.2 Å². The van der Waals surface area contributed by atoms with Crippen LogP contribution in [0.5, 0.6) is 5.75 Å². The third-order valence-corrected chi connectivity index (χ3v) is 3.29. The highest BCUT2D eigenvalue weighted by molar-refractivity contribution is 6.30. The molecule has 2 aromatic rings.